The van der Waals surface area contributed by atoms with Crippen molar-refractivity contribution >= 4 is 23.3 Å². The van der Waals surface area contributed by atoms with Gasteiger partial charge in [-0.1, -0.05) is 30.7 Å². The van der Waals surface area contributed by atoms with Crippen LogP contribution in [-0.2, 0) is 11.2 Å². The Kier molecular flexibility index (Phi) is 6.05. The molecule has 5 rings (SSSR count). The predicted octanol–water partition coefficient (Wildman–Crippen LogP) is 2.29. The number of fused-ring (bicyclic) bond motifs is 1. The number of aliphatic hydroxyl groups excluding tert-OH is 1. The number of hydrogen-bond donors (Lipinski definition) is 1. The van der Waals surface area contributed by atoms with Crippen molar-refractivity contribution in [2.75, 3.05) is 50.7 Å². The average molecular weight is 456 g/mol. The van der Waals surface area contributed by atoms with E-state index >= 15 is 0 Å². The quantitative estimate of drug-likeness (QED) is 0.745. The Morgan fingerprint density at radius 2 is 1.88 bits per heavy atom. The summed E-state index contributed by atoms with van der Waals surface area (Å²) in [5.74, 6) is 1.43. The lowest BCUT2D eigenvalue weighted by atomic mass is 9.95. The van der Waals surface area contributed by atoms with Crippen LogP contribution in [0.2, 0.25) is 5.02 Å². The summed E-state index contributed by atoms with van der Waals surface area (Å²) in [5.41, 5.74) is 3.45. The first-order chi connectivity index (χ1) is 15.5. The molecular weight excluding hydrogens is 426 g/mol. The molecule has 170 valence electrons. The highest BCUT2D eigenvalue weighted by atomic mass is 35.5. The van der Waals surface area contributed by atoms with Gasteiger partial charge in [0.15, 0.2) is 0 Å². The Morgan fingerprint density at radius 3 is 2.56 bits per heavy atom. The van der Waals surface area contributed by atoms with E-state index in [0.717, 1.165) is 37.3 Å². The number of anilines is 1. The molecule has 1 amide bonds. The second kappa shape index (κ2) is 8.96. The van der Waals surface area contributed by atoms with Gasteiger partial charge in [0, 0.05) is 62.1 Å². The van der Waals surface area contributed by atoms with Crippen molar-refractivity contribution in [1.82, 2.24) is 19.8 Å². The number of rotatable bonds is 5. The molecule has 3 heterocycles. The van der Waals surface area contributed by atoms with E-state index in [0.29, 0.717) is 43.7 Å². The number of hydrogen-bond acceptors (Lipinski definition) is 6. The van der Waals surface area contributed by atoms with Gasteiger partial charge < -0.3 is 14.9 Å². The van der Waals surface area contributed by atoms with Crippen molar-refractivity contribution in [3.63, 3.8) is 0 Å². The molecule has 0 saturated carbocycles. The van der Waals surface area contributed by atoms with E-state index in [4.69, 9.17) is 11.6 Å². The molecule has 1 aromatic carbocycles. The number of piperazine rings is 1. The zero-order chi connectivity index (χ0) is 22.2. The van der Waals surface area contributed by atoms with E-state index in [1.165, 1.54) is 11.3 Å². The number of carbonyl (C=O) groups excluding carboxylic acids is 1. The molecular formula is C24H30ClN5O2. The molecule has 2 aromatic rings. The van der Waals surface area contributed by atoms with Gasteiger partial charge in [-0.25, -0.2) is 9.97 Å². The smallest absolute Gasteiger partial charge is 0.231 e. The number of likely N-dealkylation sites (tertiary alicyclic amines) is 1. The van der Waals surface area contributed by atoms with E-state index in [-0.39, 0.29) is 17.9 Å². The van der Waals surface area contributed by atoms with Crippen LogP contribution in [0.15, 0.2) is 30.6 Å². The number of nitrogens with zero attached hydrogens (tertiary/aromatic N) is 5. The molecule has 2 atom stereocenters. The summed E-state index contributed by atoms with van der Waals surface area (Å²) in [5, 5.41) is 10.3. The molecule has 0 radical (unpaired) electrons. The van der Waals surface area contributed by atoms with Gasteiger partial charge in [-0.15, -0.1) is 0 Å². The second-order valence-electron chi connectivity index (χ2n) is 9.29. The third kappa shape index (κ3) is 4.21. The summed E-state index contributed by atoms with van der Waals surface area (Å²) < 4.78 is 0. The number of halogens is 1. The number of amides is 1. The van der Waals surface area contributed by atoms with Crippen LogP contribution in [0.3, 0.4) is 0 Å². The first kappa shape index (κ1) is 21.6. The molecule has 7 nitrogen and oxygen atoms in total. The van der Waals surface area contributed by atoms with Crippen LogP contribution in [-0.4, -0.2) is 82.7 Å². The monoisotopic (exact) mass is 455 g/mol. The number of aryl methyl sites for hydroxylation is 1. The fraction of sp³-hybridized carbons (Fsp3) is 0.542. The molecule has 0 spiro atoms. The van der Waals surface area contributed by atoms with Crippen molar-refractivity contribution in [3.05, 3.63) is 52.4 Å². The van der Waals surface area contributed by atoms with Gasteiger partial charge in [-0.2, -0.15) is 0 Å². The summed E-state index contributed by atoms with van der Waals surface area (Å²) >= 11 is 6.08. The van der Waals surface area contributed by atoms with Gasteiger partial charge in [0.1, 0.15) is 12.1 Å². The standard InChI is InChI=1S/C24H30ClN5O2/c1-16-2-7-21-22(16)23(27-15-26-21)29-8-10-30(11-9-29)24(32)20(14-28-12-19(31)13-28)17-3-5-18(25)6-4-17/h3-6,15-16,19-20,31H,2,7-14H2,1H3/t16-,20?/m1/s1. The molecule has 1 aliphatic carbocycles. The summed E-state index contributed by atoms with van der Waals surface area (Å²) in [4.78, 5) is 29.1. The van der Waals surface area contributed by atoms with Crippen molar-refractivity contribution < 1.29 is 9.90 Å². The second-order valence-corrected chi connectivity index (χ2v) is 9.72. The van der Waals surface area contributed by atoms with Gasteiger partial charge in [0.2, 0.25) is 5.91 Å². The number of aliphatic hydroxyl groups is 1. The Hall–Kier alpha value is -2.22. The lowest BCUT2D eigenvalue weighted by molar-refractivity contribution is -0.134. The van der Waals surface area contributed by atoms with E-state index in [2.05, 4.69) is 26.7 Å². The molecule has 3 aliphatic rings. The summed E-state index contributed by atoms with van der Waals surface area (Å²) in [6.07, 6.45) is 3.56. The molecule has 32 heavy (non-hydrogen) atoms. The van der Waals surface area contributed by atoms with Crippen LogP contribution in [0.4, 0.5) is 5.82 Å². The topological polar surface area (TPSA) is 72.8 Å². The van der Waals surface area contributed by atoms with E-state index in [1.54, 1.807) is 6.33 Å². The molecule has 1 unspecified atom stereocenters. The van der Waals surface area contributed by atoms with Crippen molar-refractivity contribution in [2.45, 2.75) is 37.7 Å². The minimum atomic E-state index is -0.281. The minimum Gasteiger partial charge on any atom is -0.390 e. The third-order valence-electron chi connectivity index (χ3n) is 7.09. The summed E-state index contributed by atoms with van der Waals surface area (Å²) in [6.45, 7) is 7.04. The Labute approximate surface area is 194 Å². The average Bonchev–Trinajstić information content (AvgIpc) is 3.17. The van der Waals surface area contributed by atoms with Crippen LogP contribution in [0.1, 0.15) is 42.0 Å². The molecule has 1 N–H and O–H groups in total. The van der Waals surface area contributed by atoms with E-state index in [9.17, 15) is 9.90 Å². The molecule has 0 bridgehead atoms. The van der Waals surface area contributed by atoms with Gasteiger partial charge in [-0.05, 0) is 36.5 Å². The normalized spacial score (nSPS) is 22.5. The van der Waals surface area contributed by atoms with Gasteiger partial charge in [-0.3, -0.25) is 9.69 Å². The van der Waals surface area contributed by atoms with Crippen molar-refractivity contribution in [1.29, 1.82) is 0 Å². The van der Waals surface area contributed by atoms with Gasteiger partial charge >= 0.3 is 0 Å². The van der Waals surface area contributed by atoms with Crippen molar-refractivity contribution in [3.8, 4) is 0 Å². The van der Waals surface area contributed by atoms with Crippen LogP contribution >= 0.6 is 11.6 Å². The van der Waals surface area contributed by atoms with Crippen molar-refractivity contribution in [2.24, 2.45) is 0 Å². The lowest BCUT2D eigenvalue weighted by Gasteiger charge is -2.41. The third-order valence-corrected chi connectivity index (χ3v) is 7.34. The molecule has 1 aromatic heterocycles. The lowest BCUT2D eigenvalue weighted by Crippen LogP contribution is -2.55. The van der Waals surface area contributed by atoms with Gasteiger partial charge in [0.25, 0.3) is 0 Å². The maximum Gasteiger partial charge on any atom is 0.231 e. The maximum atomic E-state index is 13.6. The SMILES string of the molecule is C[C@@H]1CCc2ncnc(N3CCN(C(=O)C(CN4CC(O)C4)c4ccc(Cl)cc4)CC3)c21. The fourth-order valence-electron chi connectivity index (χ4n) is 5.21. The summed E-state index contributed by atoms with van der Waals surface area (Å²) in [7, 11) is 0. The zero-order valence-corrected chi connectivity index (χ0v) is 19.2. The number of β-amino-alcohol motifs (C(OH)–C–C–N with tert-alkyl or cyclic N) is 1. The largest absolute Gasteiger partial charge is 0.390 e. The highest BCUT2D eigenvalue weighted by Gasteiger charge is 2.35. The zero-order valence-electron chi connectivity index (χ0n) is 18.5. The Bertz CT molecular complexity index is 971. The fourth-order valence-corrected chi connectivity index (χ4v) is 5.33. The minimum absolute atomic E-state index is 0.148. The first-order valence-corrected chi connectivity index (χ1v) is 11.9. The highest BCUT2D eigenvalue weighted by Crippen LogP contribution is 2.37. The molecule has 2 fully saturated rings. The van der Waals surface area contributed by atoms with E-state index < -0.39 is 0 Å². The van der Waals surface area contributed by atoms with Crippen LogP contribution in [0, 0.1) is 0 Å². The Morgan fingerprint density at radius 1 is 1.16 bits per heavy atom. The molecule has 2 aliphatic heterocycles. The molecule has 2 saturated heterocycles. The van der Waals surface area contributed by atoms with E-state index in [1.807, 2.05) is 29.2 Å². The summed E-state index contributed by atoms with van der Waals surface area (Å²) in [6, 6.07) is 7.58. The number of aromatic nitrogens is 2. The molecule has 8 heteroatoms. The first-order valence-electron chi connectivity index (χ1n) is 11.5. The van der Waals surface area contributed by atoms with Crippen LogP contribution in [0.5, 0.6) is 0 Å². The van der Waals surface area contributed by atoms with Gasteiger partial charge in [0.05, 0.1) is 12.0 Å². The van der Waals surface area contributed by atoms with Crippen LogP contribution < -0.4 is 4.90 Å². The highest BCUT2D eigenvalue weighted by molar-refractivity contribution is 6.30. The Balaban J connectivity index is 1.29. The number of carbonyl (C=O) groups is 1. The number of benzene rings is 1. The van der Waals surface area contributed by atoms with Crippen LogP contribution in [0.25, 0.3) is 0 Å². The predicted molar refractivity (Wildman–Crippen MR) is 124 cm³/mol. The maximum absolute atomic E-state index is 13.6.